The van der Waals surface area contributed by atoms with Crippen molar-refractivity contribution in [1.82, 2.24) is 9.38 Å². The summed E-state index contributed by atoms with van der Waals surface area (Å²) in [6.07, 6.45) is 2.71. The number of carbonyl (C=O) groups excluding carboxylic acids is 1. The summed E-state index contributed by atoms with van der Waals surface area (Å²) in [7, 11) is 0. The molecule has 0 amide bonds. The van der Waals surface area contributed by atoms with Crippen molar-refractivity contribution in [1.29, 1.82) is 0 Å². The third-order valence-electron chi connectivity index (χ3n) is 3.05. The van der Waals surface area contributed by atoms with E-state index in [9.17, 15) is 4.79 Å². The molecule has 2 rings (SSSR count). The number of pyridine rings is 1. The molecule has 2 heterocycles. The van der Waals surface area contributed by atoms with Crippen molar-refractivity contribution in [3.8, 4) is 0 Å². The number of likely N-dealkylation sites (N-methyl/N-ethyl adjacent to an activating group) is 1. The SMILES string of the molecule is CCOCCN(CC)c1nc2ccccn2c1C=O. The van der Waals surface area contributed by atoms with E-state index in [0.717, 1.165) is 30.8 Å². The van der Waals surface area contributed by atoms with Crippen LogP contribution in [0.1, 0.15) is 24.3 Å². The molecule has 0 fully saturated rings. The lowest BCUT2D eigenvalue weighted by molar-refractivity contribution is 0.111. The third-order valence-corrected chi connectivity index (χ3v) is 3.05. The van der Waals surface area contributed by atoms with Crippen LogP contribution in [0.5, 0.6) is 0 Å². The molecule has 0 atom stereocenters. The number of anilines is 1. The summed E-state index contributed by atoms with van der Waals surface area (Å²) in [6, 6.07) is 5.70. The zero-order chi connectivity index (χ0) is 13.7. The van der Waals surface area contributed by atoms with Crippen LogP contribution in [-0.2, 0) is 4.74 Å². The van der Waals surface area contributed by atoms with Crippen LogP contribution >= 0.6 is 0 Å². The van der Waals surface area contributed by atoms with Crippen molar-refractivity contribution in [3.63, 3.8) is 0 Å². The second kappa shape index (κ2) is 6.33. The minimum Gasteiger partial charge on any atom is -0.380 e. The number of hydrogen-bond acceptors (Lipinski definition) is 4. The van der Waals surface area contributed by atoms with Crippen LogP contribution in [-0.4, -0.2) is 42.0 Å². The number of rotatable bonds is 7. The van der Waals surface area contributed by atoms with Crippen LogP contribution in [0.3, 0.4) is 0 Å². The highest BCUT2D eigenvalue weighted by Crippen LogP contribution is 2.19. The molecule has 0 N–H and O–H groups in total. The Balaban J connectivity index is 2.33. The van der Waals surface area contributed by atoms with E-state index in [2.05, 4.69) is 9.88 Å². The highest BCUT2D eigenvalue weighted by molar-refractivity contribution is 5.83. The van der Waals surface area contributed by atoms with Crippen molar-refractivity contribution in [2.45, 2.75) is 13.8 Å². The number of hydrogen-bond donors (Lipinski definition) is 0. The quantitative estimate of drug-likeness (QED) is 0.565. The van der Waals surface area contributed by atoms with Gasteiger partial charge in [0.15, 0.2) is 12.1 Å². The summed E-state index contributed by atoms with van der Waals surface area (Å²) in [5.74, 6) is 0.725. The number of nitrogens with zero attached hydrogens (tertiary/aromatic N) is 3. The van der Waals surface area contributed by atoms with Crippen LogP contribution in [0.4, 0.5) is 5.82 Å². The average Bonchev–Trinajstić information content (AvgIpc) is 2.82. The fourth-order valence-electron chi connectivity index (χ4n) is 2.08. The molecule has 0 saturated carbocycles. The maximum absolute atomic E-state index is 11.3. The lowest BCUT2D eigenvalue weighted by Crippen LogP contribution is -2.28. The van der Waals surface area contributed by atoms with Crippen molar-refractivity contribution in [2.75, 3.05) is 31.2 Å². The molecule has 0 radical (unpaired) electrons. The first kappa shape index (κ1) is 13.5. The predicted molar refractivity (Wildman–Crippen MR) is 75.0 cm³/mol. The number of fused-ring (bicyclic) bond motifs is 1. The van der Waals surface area contributed by atoms with E-state index in [-0.39, 0.29) is 0 Å². The molecule has 0 bridgehead atoms. The van der Waals surface area contributed by atoms with Crippen molar-refractivity contribution in [3.05, 3.63) is 30.1 Å². The fraction of sp³-hybridized carbons (Fsp3) is 0.429. The Morgan fingerprint density at radius 2 is 2.26 bits per heavy atom. The maximum Gasteiger partial charge on any atom is 0.170 e. The molecule has 0 aliphatic heterocycles. The summed E-state index contributed by atoms with van der Waals surface area (Å²) in [5.41, 5.74) is 1.38. The topological polar surface area (TPSA) is 46.8 Å². The second-order valence-electron chi connectivity index (χ2n) is 4.14. The molecule has 0 aliphatic carbocycles. The smallest absolute Gasteiger partial charge is 0.170 e. The van der Waals surface area contributed by atoms with E-state index in [1.807, 2.05) is 42.6 Å². The van der Waals surface area contributed by atoms with E-state index in [1.165, 1.54) is 0 Å². The lowest BCUT2D eigenvalue weighted by Gasteiger charge is -2.20. The summed E-state index contributed by atoms with van der Waals surface area (Å²) in [6.45, 7) is 6.87. The van der Waals surface area contributed by atoms with Gasteiger partial charge in [-0.05, 0) is 26.0 Å². The van der Waals surface area contributed by atoms with E-state index in [4.69, 9.17) is 4.74 Å². The lowest BCUT2D eigenvalue weighted by atomic mass is 10.4. The molecule has 2 aromatic rings. The van der Waals surface area contributed by atoms with E-state index in [1.54, 1.807) is 0 Å². The molecule has 2 aromatic heterocycles. The van der Waals surface area contributed by atoms with Gasteiger partial charge in [-0.3, -0.25) is 9.20 Å². The first-order chi connectivity index (χ1) is 9.31. The fourth-order valence-corrected chi connectivity index (χ4v) is 2.08. The van der Waals surface area contributed by atoms with Crippen LogP contribution < -0.4 is 4.90 Å². The minimum absolute atomic E-state index is 0.592. The summed E-state index contributed by atoms with van der Waals surface area (Å²) in [5, 5.41) is 0. The Kier molecular flexibility index (Phi) is 4.52. The molecular formula is C14H19N3O2. The zero-order valence-electron chi connectivity index (χ0n) is 11.4. The van der Waals surface area contributed by atoms with Gasteiger partial charge in [0.1, 0.15) is 11.3 Å². The monoisotopic (exact) mass is 261 g/mol. The van der Waals surface area contributed by atoms with E-state index < -0.39 is 0 Å². The molecule has 0 unspecified atom stereocenters. The highest BCUT2D eigenvalue weighted by Gasteiger charge is 2.16. The Labute approximate surface area is 112 Å². The molecule has 102 valence electrons. The van der Waals surface area contributed by atoms with Crippen LogP contribution in [0, 0.1) is 0 Å². The first-order valence-electron chi connectivity index (χ1n) is 6.56. The van der Waals surface area contributed by atoms with Crippen LogP contribution in [0.25, 0.3) is 5.65 Å². The summed E-state index contributed by atoms with van der Waals surface area (Å²) < 4.78 is 7.18. The Hall–Kier alpha value is -1.88. The van der Waals surface area contributed by atoms with E-state index >= 15 is 0 Å². The van der Waals surface area contributed by atoms with E-state index in [0.29, 0.717) is 18.9 Å². The van der Waals surface area contributed by atoms with Gasteiger partial charge in [0.2, 0.25) is 0 Å². The molecule has 0 spiro atoms. The summed E-state index contributed by atoms with van der Waals surface area (Å²) in [4.78, 5) is 17.9. The third kappa shape index (κ3) is 2.76. The minimum atomic E-state index is 0.592. The van der Waals surface area contributed by atoms with Gasteiger partial charge in [-0.2, -0.15) is 0 Å². The molecule has 19 heavy (non-hydrogen) atoms. The zero-order valence-corrected chi connectivity index (χ0v) is 11.4. The Bertz CT molecular complexity index is 551. The van der Waals surface area contributed by atoms with Crippen molar-refractivity contribution in [2.24, 2.45) is 0 Å². The molecule has 5 heteroatoms. The molecular weight excluding hydrogens is 242 g/mol. The number of aldehydes is 1. The predicted octanol–water partition coefficient (Wildman–Crippen LogP) is 2.01. The largest absolute Gasteiger partial charge is 0.380 e. The molecule has 0 saturated heterocycles. The molecule has 5 nitrogen and oxygen atoms in total. The van der Waals surface area contributed by atoms with Crippen molar-refractivity contribution >= 4 is 17.8 Å². The van der Waals surface area contributed by atoms with Crippen LogP contribution in [0.15, 0.2) is 24.4 Å². The first-order valence-corrected chi connectivity index (χ1v) is 6.56. The van der Waals surface area contributed by atoms with Gasteiger partial charge in [-0.25, -0.2) is 4.98 Å². The van der Waals surface area contributed by atoms with Gasteiger partial charge in [-0.1, -0.05) is 6.07 Å². The number of ether oxygens (including phenoxy) is 1. The van der Waals surface area contributed by atoms with Gasteiger partial charge in [0.25, 0.3) is 0 Å². The Morgan fingerprint density at radius 3 is 2.95 bits per heavy atom. The highest BCUT2D eigenvalue weighted by atomic mass is 16.5. The normalized spacial score (nSPS) is 10.8. The van der Waals surface area contributed by atoms with Gasteiger partial charge in [0.05, 0.1) is 6.61 Å². The second-order valence-corrected chi connectivity index (χ2v) is 4.14. The van der Waals surface area contributed by atoms with Crippen LogP contribution in [0.2, 0.25) is 0 Å². The molecule has 0 aliphatic rings. The Morgan fingerprint density at radius 1 is 1.42 bits per heavy atom. The van der Waals surface area contributed by atoms with Gasteiger partial charge < -0.3 is 9.64 Å². The number of aromatic nitrogens is 2. The summed E-state index contributed by atoms with van der Waals surface area (Å²) >= 11 is 0. The van der Waals surface area contributed by atoms with Crippen molar-refractivity contribution < 1.29 is 9.53 Å². The maximum atomic E-state index is 11.3. The molecule has 0 aromatic carbocycles. The number of carbonyl (C=O) groups is 1. The van der Waals surface area contributed by atoms with Gasteiger partial charge in [-0.15, -0.1) is 0 Å². The van der Waals surface area contributed by atoms with Gasteiger partial charge in [0, 0.05) is 25.9 Å². The van der Waals surface area contributed by atoms with Gasteiger partial charge >= 0.3 is 0 Å². The standard InChI is InChI=1S/C14H19N3O2/c1-3-16(9-10-19-4-2)14-12(11-18)17-8-6-5-7-13(17)15-14/h5-8,11H,3-4,9-10H2,1-2H3. The average molecular weight is 261 g/mol. The number of imidazole rings is 1.